The maximum Gasteiger partial charge on any atom is 0.326 e. The quantitative estimate of drug-likeness (QED) is 0.763. The van der Waals surface area contributed by atoms with Crippen LogP contribution in [0.1, 0.15) is 18.5 Å². The molecule has 1 rings (SSSR count). The molecule has 5 nitrogen and oxygen atoms in total. The second-order valence-corrected chi connectivity index (χ2v) is 5.77. The van der Waals surface area contributed by atoms with Crippen LogP contribution >= 0.6 is 0 Å². The van der Waals surface area contributed by atoms with Gasteiger partial charge in [0.15, 0.2) is 0 Å². The van der Waals surface area contributed by atoms with E-state index in [0.29, 0.717) is 11.1 Å². The number of benzene rings is 1. The van der Waals surface area contributed by atoms with Crippen LogP contribution < -0.4 is 4.72 Å². The molecule has 0 aromatic heterocycles. The zero-order chi connectivity index (χ0) is 13.8. The van der Waals surface area contributed by atoms with E-state index in [1.165, 1.54) is 0 Å². The van der Waals surface area contributed by atoms with Gasteiger partial charge < -0.3 is 5.11 Å². The summed E-state index contributed by atoms with van der Waals surface area (Å²) in [5.41, 5.74) is 0.829. The van der Waals surface area contributed by atoms with Crippen LogP contribution in [-0.4, -0.2) is 25.2 Å². The molecule has 1 aromatic rings. The molecule has 0 radical (unpaired) electrons. The maximum absolute atomic E-state index is 11.7. The molecule has 0 aliphatic heterocycles. The average molecular weight is 269 g/mol. The molecule has 2 N–H and O–H groups in total. The lowest BCUT2D eigenvalue weighted by molar-refractivity contribution is -0.139. The maximum atomic E-state index is 11.7. The van der Waals surface area contributed by atoms with E-state index >= 15 is 0 Å². The van der Waals surface area contributed by atoms with E-state index in [2.05, 4.69) is 11.3 Å². The monoisotopic (exact) mass is 269 g/mol. The molecule has 0 spiro atoms. The first-order chi connectivity index (χ1) is 8.32. The lowest BCUT2D eigenvalue weighted by Crippen LogP contribution is -2.35. The van der Waals surface area contributed by atoms with Gasteiger partial charge in [-0.2, -0.15) is 4.72 Å². The summed E-state index contributed by atoms with van der Waals surface area (Å²) in [5.74, 6) is -1.53. The third kappa shape index (κ3) is 4.31. The summed E-state index contributed by atoms with van der Waals surface area (Å²) in [5, 5.41) is 9.07. The molecule has 0 bridgehead atoms. The molecule has 0 saturated carbocycles. The highest BCUT2D eigenvalue weighted by Crippen LogP contribution is 2.14. The van der Waals surface area contributed by atoms with E-state index < -0.39 is 22.0 Å². The van der Waals surface area contributed by atoms with Crippen molar-refractivity contribution >= 4 is 16.0 Å². The number of carboxylic acid groups (broad SMARTS) is 1. The summed E-state index contributed by atoms with van der Waals surface area (Å²) < 4.78 is 25.5. The first kappa shape index (κ1) is 14.4. The van der Waals surface area contributed by atoms with E-state index in [0.717, 1.165) is 0 Å². The summed E-state index contributed by atoms with van der Waals surface area (Å²) in [6, 6.07) is 6.86. The highest BCUT2D eigenvalue weighted by atomic mass is 32.2. The minimum Gasteiger partial charge on any atom is -0.480 e. The number of nitrogens with one attached hydrogen (secondary N) is 1. The van der Waals surface area contributed by atoms with Gasteiger partial charge in [0.2, 0.25) is 10.0 Å². The number of aliphatic carboxylic acids is 1. The van der Waals surface area contributed by atoms with E-state index in [9.17, 15) is 13.2 Å². The molecule has 0 saturated heterocycles. The molecule has 1 atom stereocenters. The van der Waals surface area contributed by atoms with E-state index in [-0.39, 0.29) is 5.75 Å². The number of hydrogen-bond donors (Lipinski definition) is 2. The minimum absolute atomic E-state index is 0.288. The fraction of sp³-hybridized carbons (Fsp3) is 0.250. The van der Waals surface area contributed by atoms with Crippen LogP contribution in [-0.2, 0) is 14.8 Å². The van der Waals surface area contributed by atoms with Gasteiger partial charge in [-0.15, -0.1) is 0 Å². The molecule has 0 aliphatic carbocycles. The van der Waals surface area contributed by atoms with Crippen molar-refractivity contribution in [2.45, 2.75) is 13.0 Å². The molecular weight excluding hydrogens is 254 g/mol. The Hall–Kier alpha value is -1.66. The second kappa shape index (κ2) is 5.79. The van der Waals surface area contributed by atoms with Crippen LogP contribution in [0.4, 0.5) is 0 Å². The van der Waals surface area contributed by atoms with Gasteiger partial charge in [-0.05, 0) is 12.5 Å². The largest absolute Gasteiger partial charge is 0.480 e. The Morgan fingerprint density at radius 1 is 1.39 bits per heavy atom. The van der Waals surface area contributed by atoms with Crippen molar-refractivity contribution in [1.82, 2.24) is 4.72 Å². The fourth-order valence-electron chi connectivity index (χ4n) is 1.45. The van der Waals surface area contributed by atoms with Crippen LogP contribution in [0.15, 0.2) is 42.5 Å². The normalized spacial score (nSPS) is 12.9. The second-order valence-electron chi connectivity index (χ2n) is 4.02. The summed E-state index contributed by atoms with van der Waals surface area (Å²) in [6.07, 6.45) is 0. The molecule has 18 heavy (non-hydrogen) atoms. The number of carboxylic acids is 1. The van der Waals surface area contributed by atoms with Crippen molar-refractivity contribution in [1.29, 1.82) is 0 Å². The van der Waals surface area contributed by atoms with Gasteiger partial charge in [0.1, 0.15) is 6.04 Å². The van der Waals surface area contributed by atoms with Crippen molar-refractivity contribution in [3.05, 3.63) is 48.0 Å². The summed E-state index contributed by atoms with van der Waals surface area (Å²) >= 11 is 0. The summed E-state index contributed by atoms with van der Waals surface area (Å²) in [6.45, 7) is 5.07. The standard InChI is InChI=1S/C12H15NO4S/c1-9(2)8-18(16,17)13-11(12(14)15)10-6-4-3-5-7-10/h3-7,11,13H,1,8H2,2H3,(H,14,15)/t11-/m0/s1. The van der Waals surface area contributed by atoms with Crippen molar-refractivity contribution < 1.29 is 18.3 Å². The average Bonchev–Trinajstić information content (AvgIpc) is 2.25. The number of hydrogen-bond acceptors (Lipinski definition) is 3. The van der Waals surface area contributed by atoms with Crippen molar-refractivity contribution in [3.63, 3.8) is 0 Å². The van der Waals surface area contributed by atoms with Gasteiger partial charge in [-0.25, -0.2) is 8.42 Å². The third-order valence-corrected chi connectivity index (χ3v) is 3.58. The Labute approximate surface area is 106 Å². The smallest absolute Gasteiger partial charge is 0.326 e. The van der Waals surface area contributed by atoms with Gasteiger partial charge in [-0.3, -0.25) is 4.79 Å². The third-order valence-electron chi connectivity index (χ3n) is 2.11. The Bertz CT molecular complexity index is 536. The predicted molar refractivity (Wildman–Crippen MR) is 68.6 cm³/mol. The van der Waals surface area contributed by atoms with Crippen molar-refractivity contribution in [2.24, 2.45) is 0 Å². The number of sulfonamides is 1. The SMILES string of the molecule is C=C(C)CS(=O)(=O)N[C@H](C(=O)O)c1ccccc1. The van der Waals surface area contributed by atoms with Gasteiger partial charge in [0, 0.05) is 0 Å². The molecule has 0 fully saturated rings. The van der Waals surface area contributed by atoms with Gasteiger partial charge in [-0.1, -0.05) is 42.5 Å². The molecule has 6 heteroatoms. The topological polar surface area (TPSA) is 83.5 Å². The van der Waals surface area contributed by atoms with Crippen molar-refractivity contribution in [3.8, 4) is 0 Å². The molecular formula is C12H15NO4S. The summed E-state index contributed by atoms with van der Waals surface area (Å²) in [4.78, 5) is 11.1. The van der Waals surface area contributed by atoms with E-state index in [4.69, 9.17) is 5.11 Å². The van der Waals surface area contributed by atoms with E-state index in [1.807, 2.05) is 0 Å². The lowest BCUT2D eigenvalue weighted by Gasteiger charge is -2.15. The van der Waals surface area contributed by atoms with Gasteiger partial charge in [0.25, 0.3) is 0 Å². The molecule has 98 valence electrons. The first-order valence-electron chi connectivity index (χ1n) is 5.24. The summed E-state index contributed by atoms with van der Waals surface area (Å²) in [7, 11) is -3.70. The zero-order valence-corrected chi connectivity index (χ0v) is 10.8. The van der Waals surface area contributed by atoms with Gasteiger partial charge in [0.05, 0.1) is 5.75 Å². The molecule has 0 unspecified atom stereocenters. The van der Waals surface area contributed by atoms with E-state index in [1.54, 1.807) is 37.3 Å². The fourth-order valence-corrected chi connectivity index (χ4v) is 2.78. The lowest BCUT2D eigenvalue weighted by atomic mass is 10.1. The zero-order valence-electron chi connectivity index (χ0n) is 9.96. The highest BCUT2D eigenvalue weighted by molar-refractivity contribution is 7.89. The number of rotatable bonds is 6. The van der Waals surface area contributed by atoms with Crippen LogP contribution in [0, 0.1) is 0 Å². The molecule has 1 aromatic carbocycles. The first-order valence-corrected chi connectivity index (χ1v) is 6.89. The minimum atomic E-state index is -3.70. The van der Waals surface area contributed by atoms with Crippen molar-refractivity contribution in [2.75, 3.05) is 5.75 Å². The Balaban J connectivity index is 2.96. The highest BCUT2D eigenvalue weighted by Gasteiger charge is 2.25. The van der Waals surface area contributed by atoms with Crippen LogP contribution in [0.25, 0.3) is 0 Å². The predicted octanol–water partition coefficient (Wildman–Crippen LogP) is 1.31. The van der Waals surface area contributed by atoms with Crippen LogP contribution in [0.5, 0.6) is 0 Å². The Kier molecular flexibility index (Phi) is 4.63. The molecule has 0 heterocycles. The number of carbonyl (C=O) groups is 1. The molecule has 0 aliphatic rings. The van der Waals surface area contributed by atoms with Crippen LogP contribution in [0.3, 0.4) is 0 Å². The van der Waals surface area contributed by atoms with Gasteiger partial charge >= 0.3 is 5.97 Å². The Morgan fingerprint density at radius 2 is 1.94 bits per heavy atom. The van der Waals surface area contributed by atoms with Crippen LogP contribution in [0.2, 0.25) is 0 Å². The molecule has 0 amide bonds. The Morgan fingerprint density at radius 3 is 2.39 bits per heavy atom.